The molecule has 3 nitrogen and oxygen atoms in total. The number of hydrogen-bond acceptors (Lipinski definition) is 2. The van der Waals surface area contributed by atoms with Crippen molar-refractivity contribution in [1.82, 2.24) is 9.55 Å². The molecule has 4 heteroatoms. The second kappa shape index (κ2) is 4.57. The molecule has 2 aromatic rings. The van der Waals surface area contributed by atoms with Gasteiger partial charge in [0.25, 0.3) is 0 Å². The monoisotopic (exact) mass is 312 g/mol. The fourth-order valence-electron chi connectivity index (χ4n) is 1.29. The third-order valence-corrected chi connectivity index (χ3v) is 2.77. The lowest BCUT2D eigenvalue weighted by Gasteiger charge is -2.03. The maximum absolute atomic E-state index is 11.3. The lowest BCUT2D eigenvalue weighted by Crippen LogP contribution is -2.21. The third kappa shape index (κ3) is 2.65. The Hall–Kier alpha value is -1.17. The molecule has 0 radical (unpaired) electrons. The lowest BCUT2D eigenvalue weighted by molar-refractivity contribution is 0.727. The van der Waals surface area contributed by atoms with Crippen LogP contribution in [0.4, 0.5) is 0 Å². The van der Waals surface area contributed by atoms with Crippen LogP contribution in [-0.4, -0.2) is 9.55 Å². The topological polar surface area (TPSA) is 34.9 Å². The van der Waals surface area contributed by atoms with Crippen LogP contribution >= 0.6 is 22.6 Å². The quantitative estimate of drug-likeness (QED) is 0.794. The van der Waals surface area contributed by atoms with Gasteiger partial charge in [0.15, 0.2) is 0 Å². The van der Waals surface area contributed by atoms with E-state index in [1.165, 1.54) is 9.77 Å². The number of rotatable bonds is 2. The van der Waals surface area contributed by atoms with E-state index in [0.717, 1.165) is 5.56 Å². The van der Waals surface area contributed by atoms with Crippen molar-refractivity contribution in [3.05, 3.63) is 62.3 Å². The largest absolute Gasteiger partial charge is 0.347 e. The van der Waals surface area contributed by atoms with Crippen molar-refractivity contribution in [3.63, 3.8) is 0 Å². The average molecular weight is 312 g/mol. The molecule has 0 fully saturated rings. The standard InChI is InChI=1S/C11H9IN2O/c12-10-4-2-9(3-5-10)8-14-7-1-6-13-11(14)15/h1-7H,8H2. The summed E-state index contributed by atoms with van der Waals surface area (Å²) in [6.07, 6.45) is 3.25. The zero-order chi connectivity index (χ0) is 10.7. The van der Waals surface area contributed by atoms with Crippen LogP contribution in [0.15, 0.2) is 47.5 Å². The van der Waals surface area contributed by atoms with Gasteiger partial charge >= 0.3 is 5.69 Å². The summed E-state index contributed by atoms with van der Waals surface area (Å²) in [7, 11) is 0. The molecule has 76 valence electrons. The molecule has 1 aromatic heterocycles. The fourth-order valence-corrected chi connectivity index (χ4v) is 1.65. The van der Waals surface area contributed by atoms with Crippen molar-refractivity contribution < 1.29 is 0 Å². The summed E-state index contributed by atoms with van der Waals surface area (Å²) >= 11 is 2.25. The minimum atomic E-state index is -0.212. The van der Waals surface area contributed by atoms with Gasteiger partial charge in [-0.1, -0.05) is 12.1 Å². The van der Waals surface area contributed by atoms with Gasteiger partial charge in [0.1, 0.15) is 0 Å². The zero-order valence-electron chi connectivity index (χ0n) is 7.93. The second-order valence-electron chi connectivity index (χ2n) is 3.16. The van der Waals surface area contributed by atoms with Gasteiger partial charge < -0.3 is 0 Å². The Balaban J connectivity index is 2.26. The normalized spacial score (nSPS) is 10.2. The minimum Gasteiger partial charge on any atom is -0.295 e. The molecule has 0 aliphatic heterocycles. The van der Waals surface area contributed by atoms with Gasteiger partial charge in [-0.25, -0.2) is 9.78 Å². The first-order valence-corrected chi connectivity index (χ1v) is 5.59. The molecular formula is C11H9IN2O. The molecule has 0 saturated carbocycles. The van der Waals surface area contributed by atoms with E-state index < -0.39 is 0 Å². The summed E-state index contributed by atoms with van der Waals surface area (Å²) in [6.45, 7) is 0.573. The Bertz CT molecular complexity index is 504. The molecule has 0 amide bonds. The van der Waals surface area contributed by atoms with Gasteiger partial charge in [0.2, 0.25) is 0 Å². The molecular weight excluding hydrogens is 303 g/mol. The molecule has 0 atom stereocenters. The lowest BCUT2D eigenvalue weighted by atomic mass is 10.2. The van der Waals surface area contributed by atoms with Gasteiger partial charge in [0.05, 0.1) is 6.54 Å². The molecule has 0 unspecified atom stereocenters. The number of hydrogen-bond donors (Lipinski definition) is 0. The maximum Gasteiger partial charge on any atom is 0.347 e. The van der Waals surface area contributed by atoms with Crippen LogP contribution in [0.1, 0.15) is 5.56 Å². The minimum absolute atomic E-state index is 0.212. The predicted molar refractivity (Wildman–Crippen MR) is 66.8 cm³/mol. The van der Waals surface area contributed by atoms with Crippen molar-refractivity contribution in [2.75, 3.05) is 0 Å². The molecule has 0 bridgehead atoms. The summed E-state index contributed by atoms with van der Waals surface area (Å²) in [4.78, 5) is 15.0. The predicted octanol–water partition coefficient (Wildman–Crippen LogP) is 1.90. The van der Waals surface area contributed by atoms with Crippen molar-refractivity contribution in [2.24, 2.45) is 0 Å². The Morgan fingerprint density at radius 2 is 2.00 bits per heavy atom. The average Bonchev–Trinajstić information content (AvgIpc) is 2.25. The highest BCUT2D eigenvalue weighted by Crippen LogP contribution is 2.07. The van der Waals surface area contributed by atoms with Crippen LogP contribution in [0.5, 0.6) is 0 Å². The molecule has 2 rings (SSSR count). The number of aromatic nitrogens is 2. The van der Waals surface area contributed by atoms with Crippen LogP contribution in [-0.2, 0) is 6.54 Å². The van der Waals surface area contributed by atoms with E-state index in [1.807, 2.05) is 24.3 Å². The van der Waals surface area contributed by atoms with Crippen molar-refractivity contribution in [3.8, 4) is 0 Å². The number of halogens is 1. The maximum atomic E-state index is 11.3. The Morgan fingerprint density at radius 3 is 2.67 bits per heavy atom. The number of benzene rings is 1. The molecule has 0 N–H and O–H groups in total. The summed E-state index contributed by atoms with van der Waals surface area (Å²) in [6, 6.07) is 9.84. The van der Waals surface area contributed by atoms with Gasteiger partial charge in [-0.15, -0.1) is 0 Å². The Kier molecular flexibility index (Phi) is 3.15. The molecule has 0 aliphatic rings. The Labute approximate surface area is 101 Å². The van der Waals surface area contributed by atoms with Gasteiger partial charge in [-0.3, -0.25) is 4.57 Å². The summed E-state index contributed by atoms with van der Waals surface area (Å²) in [5.41, 5.74) is 0.890. The van der Waals surface area contributed by atoms with E-state index in [1.54, 1.807) is 16.8 Å². The fraction of sp³-hybridized carbons (Fsp3) is 0.0909. The van der Waals surface area contributed by atoms with E-state index >= 15 is 0 Å². The SMILES string of the molecule is O=c1ncccn1Cc1ccc(I)cc1. The first kappa shape index (κ1) is 10.4. The van der Waals surface area contributed by atoms with E-state index in [0.29, 0.717) is 6.54 Å². The summed E-state index contributed by atoms with van der Waals surface area (Å²) < 4.78 is 2.78. The molecule has 0 spiro atoms. The summed E-state index contributed by atoms with van der Waals surface area (Å²) in [5, 5.41) is 0. The van der Waals surface area contributed by atoms with Crippen LogP contribution in [0.3, 0.4) is 0 Å². The van der Waals surface area contributed by atoms with E-state index in [4.69, 9.17) is 0 Å². The van der Waals surface area contributed by atoms with Crippen LogP contribution in [0, 0.1) is 3.57 Å². The molecule has 15 heavy (non-hydrogen) atoms. The van der Waals surface area contributed by atoms with Crippen molar-refractivity contribution in [2.45, 2.75) is 6.54 Å². The molecule has 1 heterocycles. The smallest absolute Gasteiger partial charge is 0.295 e. The highest BCUT2D eigenvalue weighted by atomic mass is 127. The van der Waals surface area contributed by atoms with E-state index in [-0.39, 0.29) is 5.69 Å². The van der Waals surface area contributed by atoms with Crippen LogP contribution < -0.4 is 5.69 Å². The van der Waals surface area contributed by atoms with Gasteiger partial charge in [-0.2, -0.15) is 0 Å². The van der Waals surface area contributed by atoms with E-state index in [2.05, 4.69) is 27.6 Å². The highest BCUT2D eigenvalue weighted by molar-refractivity contribution is 14.1. The Morgan fingerprint density at radius 1 is 1.27 bits per heavy atom. The first-order valence-electron chi connectivity index (χ1n) is 4.51. The van der Waals surface area contributed by atoms with Gasteiger partial charge in [-0.05, 0) is 46.4 Å². The van der Waals surface area contributed by atoms with Crippen molar-refractivity contribution >= 4 is 22.6 Å². The number of nitrogens with zero attached hydrogens (tertiary/aromatic N) is 2. The van der Waals surface area contributed by atoms with Crippen LogP contribution in [0.25, 0.3) is 0 Å². The third-order valence-electron chi connectivity index (χ3n) is 2.05. The van der Waals surface area contributed by atoms with E-state index in [9.17, 15) is 4.79 Å². The second-order valence-corrected chi connectivity index (χ2v) is 4.40. The molecule has 0 aliphatic carbocycles. The summed E-state index contributed by atoms with van der Waals surface area (Å²) in [5.74, 6) is 0. The highest BCUT2D eigenvalue weighted by Gasteiger charge is 1.97. The molecule has 0 saturated heterocycles. The molecule has 1 aromatic carbocycles. The zero-order valence-corrected chi connectivity index (χ0v) is 10.1. The first-order chi connectivity index (χ1) is 7.25. The van der Waals surface area contributed by atoms with Crippen molar-refractivity contribution in [1.29, 1.82) is 0 Å². The van der Waals surface area contributed by atoms with Crippen LogP contribution in [0.2, 0.25) is 0 Å². The van der Waals surface area contributed by atoms with Gasteiger partial charge in [0, 0.05) is 16.0 Å².